The Bertz CT molecular complexity index is 670. The molecule has 0 saturated carbocycles. The summed E-state index contributed by atoms with van der Waals surface area (Å²) >= 11 is 1.58. The van der Waals surface area contributed by atoms with E-state index in [-0.39, 0.29) is 11.2 Å². The van der Waals surface area contributed by atoms with Gasteiger partial charge in [-0.3, -0.25) is 4.79 Å². The van der Waals surface area contributed by atoms with Crippen LogP contribution in [0.4, 0.5) is 5.69 Å². The highest BCUT2D eigenvalue weighted by atomic mass is 32.2. The number of nitrogens with one attached hydrogen (secondary N) is 1. The van der Waals surface area contributed by atoms with Gasteiger partial charge in [0.1, 0.15) is 0 Å². The zero-order chi connectivity index (χ0) is 17.5. The molecule has 4 nitrogen and oxygen atoms in total. The van der Waals surface area contributed by atoms with Crippen molar-refractivity contribution in [1.82, 2.24) is 5.32 Å². The van der Waals surface area contributed by atoms with E-state index in [1.165, 1.54) is 5.69 Å². The molecular weight excluding hydrogens is 332 g/mol. The van der Waals surface area contributed by atoms with E-state index in [4.69, 9.17) is 4.74 Å². The lowest BCUT2D eigenvalue weighted by Gasteiger charge is -2.28. The van der Waals surface area contributed by atoms with Crippen LogP contribution in [-0.2, 0) is 16.1 Å². The van der Waals surface area contributed by atoms with Crippen molar-refractivity contribution in [3.05, 3.63) is 60.2 Å². The molecule has 5 heteroatoms. The minimum absolute atomic E-state index is 0.0612. The van der Waals surface area contributed by atoms with Gasteiger partial charge in [-0.1, -0.05) is 30.3 Å². The maximum atomic E-state index is 12.3. The predicted molar refractivity (Wildman–Crippen MR) is 103 cm³/mol. The molecule has 132 valence electrons. The quantitative estimate of drug-likeness (QED) is 0.806. The Morgan fingerprint density at radius 1 is 1.12 bits per heavy atom. The fourth-order valence-corrected chi connectivity index (χ4v) is 3.65. The average Bonchev–Trinajstić information content (AvgIpc) is 2.68. The van der Waals surface area contributed by atoms with Gasteiger partial charge in [0.25, 0.3) is 0 Å². The highest BCUT2D eigenvalue weighted by Gasteiger charge is 2.14. The minimum Gasteiger partial charge on any atom is -0.378 e. The molecule has 1 saturated heterocycles. The average molecular weight is 356 g/mol. The number of amides is 1. The first kappa shape index (κ1) is 17.8. The summed E-state index contributed by atoms with van der Waals surface area (Å²) in [5.41, 5.74) is 2.33. The molecule has 0 aromatic heterocycles. The Kier molecular flexibility index (Phi) is 6.36. The highest BCUT2D eigenvalue weighted by molar-refractivity contribution is 8.00. The maximum absolute atomic E-state index is 12.3. The molecule has 1 unspecified atom stereocenters. The Morgan fingerprint density at radius 3 is 2.48 bits per heavy atom. The number of carbonyl (C=O) groups excluding carboxylic acids is 1. The van der Waals surface area contributed by atoms with Crippen LogP contribution < -0.4 is 10.2 Å². The van der Waals surface area contributed by atoms with E-state index in [1.807, 2.05) is 37.3 Å². The Balaban J connectivity index is 1.48. The molecule has 1 aliphatic heterocycles. The molecule has 0 bridgehead atoms. The van der Waals surface area contributed by atoms with Crippen LogP contribution >= 0.6 is 11.8 Å². The third kappa shape index (κ3) is 5.25. The lowest BCUT2D eigenvalue weighted by atomic mass is 10.2. The van der Waals surface area contributed by atoms with Crippen LogP contribution in [0.15, 0.2) is 59.5 Å². The standard InChI is InChI=1S/C20H24N2O2S/c1-16(25-19-5-3-2-4-6-19)20(23)21-15-17-7-9-18(10-8-17)22-11-13-24-14-12-22/h2-10,16H,11-15H2,1H3,(H,21,23). The number of nitrogens with zero attached hydrogens (tertiary/aromatic N) is 1. The van der Waals surface area contributed by atoms with Crippen LogP contribution in [0.3, 0.4) is 0 Å². The van der Waals surface area contributed by atoms with Gasteiger partial charge in [0, 0.05) is 30.2 Å². The summed E-state index contributed by atoms with van der Waals surface area (Å²) in [6.07, 6.45) is 0. The summed E-state index contributed by atoms with van der Waals surface area (Å²) in [5, 5.41) is 2.91. The van der Waals surface area contributed by atoms with Crippen molar-refractivity contribution >= 4 is 23.4 Å². The Morgan fingerprint density at radius 2 is 1.80 bits per heavy atom. The first-order chi connectivity index (χ1) is 12.2. The monoisotopic (exact) mass is 356 g/mol. The summed E-state index contributed by atoms with van der Waals surface area (Å²) in [6, 6.07) is 18.4. The van der Waals surface area contributed by atoms with Crippen molar-refractivity contribution in [2.45, 2.75) is 23.6 Å². The molecule has 25 heavy (non-hydrogen) atoms. The van der Waals surface area contributed by atoms with Gasteiger partial charge in [-0.05, 0) is 36.8 Å². The summed E-state index contributed by atoms with van der Waals surface area (Å²) in [5.74, 6) is 0.0612. The van der Waals surface area contributed by atoms with Crippen LogP contribution in [0.25, 0.3) is 0 Å². The van der Waals surface area contributed by atoms with Gasteiger partial charge in [0.15, 0.2) is 0 Å². The molecule has 1 fully saturated rings. The van der Waals surface area contributed by atoms with E-state index in [9.17, 15) is 4.79 Å². The molecule has 2 aromatic rings. The van der Waals surface area contributed by atoms with E-state index in [2.05, 4.69) is 34.5 Å². The number of ether oxygens (including phenoxy) is 1. The van der Waals surface area contributed by atoms with Gasteiger partial charge in [0.05, 0.1) is 18.5 Å². The summed E-state index contributed by atoms with van der Waals surface area (Å²) in [4.78, 5) is 15.7. The number of carbonyl (C=O) groups is 1. The third-order valence-corrected chi connectivity index (χ3v) is 5.32. The number of rotatable bonds is 6. The molecule has 1 heterocycles. The van der Waals surface area contributed by atoms with Gasteiger partial charge in [-0.25, -0.2) is 0 Å². The first-order valence-electron chi connectivity index (χ1n) is 8.63. The van der Waals surface area contributed by atoms with Gasteiger partial charge in [0.2, 0.25) is 5.91 Å². The SMILES string of the molecule is CC(Sc1ccccc1)C(=O)NCc1ccc(N2CCOCC2)cc1. The molecule has 1 N–H and O–H groups in total. The van der Waals surface area contributed by atoms with Crippen molar-refractivity contribution in [1.29, 1.82) is 0 Å². The van der Waals surface area contributed by atoms with E-state index < -0.39 is 0 Å². The number of anilines is 1. The number of morpholine rings is 1. The van der Waals surface area contributed by atoms with Crippen molar-refractivity contribution in [3.63, 3.8) is 0 Å². The number of thioether (sulfide) groups is 1. The first-order valence-corrected chi connectivity index (χ1v) is 9.51. The van der Waals surface area contributed by atoms with Gasteiger partial charge >= 0.3 is 0 Å². The smallest absolute Gasteiger partial charge is 0.233 e. The second-order valence-corrected chi connectivity index (χ2v) is 7.47. The van der Waals surface area contributed by atoms with Gasteiger partial charge < -0.3 is 15.0 Å². The summed E-state index contributed by atoms with van der Waals surface area (Å²) in [7, 11) is 0. The molecule has 1 atom stereocenters. The minimum atomic E-state index is -0.116. The lowest BCUT2D eigenvalue weighted by Crippen LogP contribution is -2.36. The van der Waals surface area contributed by atoms with E-state index in [1.54, 1.807) is 11.8 Å². The summed E-state index contributed by atoms with van der Waals surface area (Å²) in [6.45, 7) is 5.94. The normalized spacial score (nSPS) is 15.6. The van der Waals surface area contributed by atoms with Gasteiger partial charge in [-0.2, -0.15) is 0 Å². The van der Waals surface area contributed by atoms with Crippen molar-refractivity contribution in [2.24, 2.45) is 0 Å². The van der Waals surface area contributed by atoms with E-state index >= 15 is 0 Å². The Labute approximate surface area is 153 Å². The number of hydrogen-bond acceptors (Lipinski definition) is 4. The molecule has 0 spiro atoms. The second-order valence-electron chi connectivity index (χ2n) is 6.06. The topological polar surface area (TPSA) is 41.6 Å². The molecule has 1 amide bonds. The van der Waals surface area contributed by atoms with Crippen molar-refractivity contribution in [2.75, 3.05) is 31.2 Å². The largest absolute Gasteiger partial charge is 0.378 e. The zero-order valence-corrected chi connectivity index (χ0v) is 15.3. The molecule has 0 radical (unpaired) electrons. The molecule has 1 aliphatic rings. The summed E-state index contributed by atoms with van der Waals surface area (Å²) < 4.78 is 5.38. The van der Waals surface area contributed by atoms with Crippen LogP contribution in [0, 0.1) is 0 Å². The van der Waals surface area contributed by atoms with Crippen LogP contribution in [0.2, 0.25) is 0 Å². The van der Waals surface area contributed by atoms with Crippen molar-refractivity contribution < 1.29 is 9.53 Å². The third-order valence-electron chi connectivity index (χ3n) is 4.20. The molecule has 3 rings (SSSR count). The van der Waals surface area contributed by atoms with Gasteiger partial charge in [-0.15, -0.1) is 11.8 Å². The number of hydrogen-bond donors (Lipinski definition) is 1. The molecule has 2 aromatic carbocycles. The van der Waals surface area contributed by atoms with Crippen LogP contribution in [0.1, 0.15) is 12.5 Å². The zero-order valence-electron chi connectivity index (χ0n) is 14.5. The fourth-order valence-electron chi connectivity index (χ4n) is 2.74. The Hall–Kier alpha value is -1.98. The number of benzene rings is 2. The highest BCUT2D eigenvalue weighted by Crippen LogP contribution is 2.23. The van der Waals surface area contributed by atoms with Crippen LogP contribution in [-0.4, -0.2) is 37.5 Å². The van der Waals surface area contributed by atoms with Crippen molar-refractivity contribution in [3.8, 4) is 0 Å². The molecular formula is C20H24N2O2S. The maximum Gasteiger partial charge on any atom is 0.233 e. The fraction of sp³-hybridized carbons (Fsp3) is 0.350. The van der Waals surface area contributed by atoms with Crippen LogP contribution in [0.5, 0.6) is 0 Å². The molecule has 0 aliphatic carbocycles. The predicted octanol–water partition coefficient (Wildman–Crippen LogP) is 3.32. The van der Waals surface area contributed by atoms with E-state index in [0.717, 1.165) is 36.8 Å². The second kappa shape index (κ2) is 8.92. The lowest BCUT2D eigenvalue weighted by molar-refractivity contribution is -0.120. The van der Waals surface area contributed by atoms with E-state index in [0.29, 0.717) is 6.54 Å².